The SMILES string of the molecule is CSCCNC1C2CCOC2C1(C)C. The van der Waals surface area contributed by atoms with Crippen molar-refractivity contribution in [1.82, 2.24) is 5.32 Å². The molecule has 0 aromatic rings. The molecular formula is C11H21NOS. The fourth-order valence-corrected chi connectivity index (χ4v) is 3.38. The predicted octanol–water partition coefficient (Wildman–Crippen LogP) is 1.75. The van der Waals surface area contributed by atoms with Gasteiger partial charge < -0.3 is 10.1 Å². The van der Waals surface area contributed by atoms with E-state index in [9.17, 15) is 0 Å². The Morgan fingerprint density at radius 2 is 2.29 bits per heavy atom. The van der Waals surface area contributed by atoms with E-state index >= 15 is 0 Å². The number of fused-ring (bicyclic) bond motifs is 1. The zero-order chi connectivity index (χ0) is 10.2. The number of rotatable bonds is 4. The van der Waals surface area contributed by atoms with Crippen LogP contribution in [0, 0.1) is 11.3 Å². The summed E-state index contributed by atoms with van der Waals surface area (Å²) in [6.07, 6.45) is 3.94. The fraction of sp³-hybridized carbons (Fsp3) is 1.00. The van der Waals surface area contributed by atoms with Crippen LogP contribution in [0.5, 0.6) is 0 Å². The largest absolute Gasteiger partial charge is 0.377 e. The van der Waals surface area contributed by atoms with Crippen molar-refractivity contribution in [2.75, 3.05) is 25.2 Å². The summed E-state index contributed by atoms with van der Waals surface area (Å²) >= 11 is 1.91. The van der Waals surface area contributed by atoms with Crippen LogP contribution in [0.4, 0.5) is 0 Å². The van der Waals surface area contributed by atoms with E-state index in [4.69, 9.17) is 4.74 Å². The van der Waals surface area contributed by atoms with Crippen molar-refractivity contribution in [3.63, 3.8) is 0 Å². The van der Waals surface area contributed by atoms with Crippen molar-refractivity contribution >= 4 is 11.8 Å². The molecule has 0 aromatic heterocycles. The first-order valence-electron chi connectivity index (χ1n) is 5.52. The van der Waals surface area contributed by atoms with Crippen LogP contribution in [0.25, 0.3) is 0 Å². The van der Waals surface area contributed by atoms with Gasteiger partial charge in [0.1, 0.15) is 0 Å². The second-order valence-corrected chi connectivity index (χ2v) is 5.98. The van der Waals surface area contributed by atoms with Gasteiger partial charge in [0.2, 0.25) is 0 Å². The Kier molecular flexibility index (Phi) is 3.10. The zero-order valence-corrected chi connectivity index (χ0v) is 10.2. The monoisotopic (exact) mass is 215 g/mol. The van der Waals surface area contributed by atoms with Crippen LogP contribution in [0.3, 0.4) is 0 Å². The number of thioether (sulfide) groups is 1. The summed E-state index contributed by atoms with van der Waals surface area (Å²) in [7, 11) is 0. The molecule has 0 spiro atoms. The van der Waals surface area contributed by atoms with Gasteiger partial charge in [0, 0.05) is 36.3 Å². The molecule has 2 aliphatic rings. The van der Waals surface area contributed by atoms with Crippen LogP contribution in [-0.2, 0) is 4.74 Å². The van der Waals surface area contributed by atoms with Gasteiger partial charge in [0.25, 0.3) is 0 Å². The summed E-state index contributed by atoms with van der Waals surface area (Å²) in [6.45, 7) is 6.77. The lowest BCUT2D eigenvalue weighted by atomic mass is 9.57. The van der Waals surface area contributed by atoms with Crippen molar-refractivity contribution in [2.24, 2.45) is 11.3 Å². The molecule has 2 rings (SSSR count). The highest BCUT2D eigenvalue weighted by Gasteiger charge is 2.58. The third kappa shape index (κ3) is 1.59. The Labute approximate surface area is 91.2 Å². The molecule has 1 aliphatic carbocycles. The Morgan fingerprint density at radius 3 is 3.00 bits per heavy atom. The van der Waals surface area contributed by atoms with Crippen LogP contribution in [0.15, 0.2) is 0 Å². The highest BCUT2D eigenvalue weighted by Crippen LogP contribution is 2.51. The van der Waals surface area contributed by atoms with Crippen molar-refractivity contribution in [2.45, 2.75) is 32.4 Å². The highest BCUT2D eigenvalue weighted by molar-refractivity contribution is 7.98. The average Bonchev–Trinajstić information content (AvgIpc) is 2.58. The third-order valence-electron chi connectivity index (χ3n) is 3.77. The Hall–Kier alpha value is 0.270. The molecule has 0 bridgehead atoms. The van der Waals surface area contributed by atoms with Crippen molar-refractivity contribution in [3.05, 3.63) is 0 Å². The smallest absolute Gasteiger partial charge is 0.0685 e. The zero-order valence-electron chi connectivity index (χ0n) is 9.38. The highest BCUT2D eigenvalue weighted by atomic mass is 32.2. The summed E-state index contributed by atoms with van der Waals surface area (Å²) in [5, 5.41) is 3.68. The summed E-state index contributed by atoms with van der Waals surface area (Å²) in [5.74, 6) is 2.00. The van der Waals surface area contributed by atoms with E-state index in [0.717, 1.165) is 19.1 Å². The molecule has 1 aliphatic heterocycles. The average molecular weight is 215 g/mol. The van der Waals surface area contributed by atoms with Gasteiger partial charge in [0.05, 0.1) is 6.10 Å². The molecule has 3 atom stereocenters. The predicted molar refractivity (Wildman–Crippen MR) is 61.8 cm³/mol. The van der Waals surface area contributed by atoms with Crippen molar-refractivity contribution < 1.29 is 4.74 Å². The van der Waals surface area contributed by atoms with E-state index in [-0.39, 0.29) is 0 Å². The first-order chi connectivity index (χ1) is 6.68. The van der Waals surface area contributed by atoms with E-state index in [1.807, 2.05) is 11.8 Å². The first kappa shape index (κ1) is 10.8. The van der Waals surface area contributed by atoms with E-state index in [2.05, 4.69) is 25.4 Å². The van der Waals surface area contributed by atoms with Crippen LogP contribution >= 0.6 is 11.8 Å². The Morgan fingerprint density at radius 1 is 1.50 bits per heavy atom. The van der Waals surface area contributed by atoms with Gasteiger partial charge >= 0.3 is 0 Å². The molecular weight excluding hydrogens is 194 g/mol. The molecule has 2 fully saturated rings. The van der Waals surface area contributed by atoms with Gasteiger partial charge in [-0.15, -0.1) is 0 Å². The van der Waals surface area contributed by atoms with Crippen molar-refractivity contribution in [1.29, 1.82) is 0 Å². The van der Waals surface area contributed by atoms with Crippen molar-refractivity contribution in [3.8, 4) is 0 Å². The number of hydrogen-bond acceptors (Lipinski definition) is 3. The molecule has 2 nitrogen and oxygen atoms in total. The van der Waals surface area contributed by atoms with E-state index in [1.165, 1.54) is 12.2 Å². The number of nitrogens with one attached hydrogen (secondary N) is 1. The number of ether oxygens (including phenoxy) is 1. The standard InChI is InChI=1S/C11H21NOS/c1-11(2)9(12-5-7-14-3)8-4-6-13-10(8)11/h8-10,12H,4-7H2,1-3H3. The molecule has 82 valence electrons. The molecule has 0 amide bonds. The minimum atomic E-state index is 0.347. The van der Waals surface area contributed by atoms with Gasteiger partial charge in [-0.25, -0.2) is 0 Å². The topological polar surface area (TPSA) is 21.3 Å². The lowest BCUT2D eigenvalue weighted by Crippen LogP contribution is -2.66. The Bertz CT molecular complexity index is 207. The first-order valence-corrected chi connectivity index (χ1v) is 6.91. The van der Waals surface area contributed by atoms with Gasteiger partial charge in [-0.1, -0.05) is 13.8 Å². The lowest BCUT2D eigenvalue weighted by Gasteiger charge is -2.55. The summed E-state index contributed by atoms with van der Waals surface area (Å²) in [6, 6.07) is 0.683. The number of hydrogen-bond donors (Lipinski definition) is 1. The van der Waals surface area contributed by atoms with Crippen LogP contribution < -0.4 is 5.32 Å². The fourth-order valence-electron chi connectivity index (χ4n) is 3.06. The third-order valence-corrected chi connectivity index (χ3v) is 4.38. The van der Waals surface area contributed by atoms with Crippen LogP contribution in [0.2, 0.25) is 0 Å². The summed E-state index contributed by atoms with van der Waals surface area (Å²) in [5.41, 5.74) is 0.347. The summed E-state index contributed by atoms with van der Waals surface area (Å²) in [4.78, 5) is 0. The molecule has 3 heteroatoms. The van der Waals surface area contributed by atoms with E-state index in [0.29, 0.717) is 17.6 Å². The molecule has 3 unspecified atom stereocenters. The molecule has 0 aromatic carbocycles. The second-order valence-electron chi connectivity index (χ2n) is 4.99. The molecule has 14 heavy (non-hydrogen) atoms. The minimum Gasteiger partial charge on any atom is -0.377 e. The Balaban J connectivity index is 1.86. The maximum Gasteiger partial charge on any atom is 0.0685 e. The van der Waals surface area contributed by atoms with Gasteiger partial charge in [0.15, 0.2) is 0 Å². The normalized spacial score (nSPS) is 39.2. The molecule has 1 saturated heterocycles. The van der Waals surface area contributed by atoms with Crippen LogP contribution in [0.1, 0.15) is 20.3 Å². The van der Waals surface area contributed by atoms with E-state index in [1.54, 1.807) is 0 Å². The minimum absolute atomic E-state index is 0.347. The summed E-state index contributed by atoms with van der Waals surface area (Å²) < 4.78 is 5.76. The maximum absolute atomic E-state index is 5.76. The maximum atomic E-state index is 5.76. The van der Waals surface area contributed by atoms with E-state index < -0.39 is 0 Å². The van der Waals surface area contributed by atoms with Crippen LogP contribution in [-0.4, -0.2) is 37.3 Å². The molecule has 0 radical (unpaired) electrons. The van der Waals surface area contributed by atoms with Gasteiger partial charge in [-0.3, -0.25) is 0 Å². The second kappa shape index (κ2) is 4.03. The van der Waals surface area contributed by atoms with Gasteiger partial charge in [-0.05, 0) is 12.7 Å². The molecule has 1 saturated carbocycles. The molecule has 1 N–H and O–H groups in total. The quantitative estimate of drug-likeness (QED) is 0.722. The van der Waals surface area contributed by atoms with Gasteiger partial charge in [-0.2, -0.15) is 11.8 Å². The molecule has 1 heterocycles. The lowest BCUT2D eigenvalue weighted by molar-refractivity contribution is -0.111.